The minimum absolute atomic E-state index is 0.136. The molecule has 0 aromatic carbocycles. The van der Waals surface area contributed by atoms with Crippen molar-refractivity contribution >= 4 is 34.0 Å². The molecule has 0 unspecified atom stereocenters. The van der Waals surface area contributed by atoms with E-state index in [-0.39, 0.29) is 12.5 Å². The standard InChI is InChI=1S/C9H9ClN4OS/c1-6-5-16-9(12-6)13-7(15)4-14-3-2-11-8(14)10/h2-3,5H,4H2,1H3,(H,12,13,15). The second-order valence-corrected chi connectivity index (χ2v) is 4.36. The van der Waals surface area contributed by atoms with Gasteiger partial charge in [-0.1, -0.05) is 0 Å². The van der Waals surface area contributed by atoms with Crippen LogP contribution in [-0.2, 0) is 11.3 Å². The first kappa shape index (κ1) is 11.1. The number of thiazole rings is 1. The first-order chi connectivity index (χ1) is 7.65. The number of aryl methyl sites for hydroxylation is 1. The molecule has 2 heterocycles. The third kappa shape index (κ3) is 2.59. The van der Waals surface area contributed by atoms with Crippen LogP contribution in [0.3, 0.4) is 0 Å². The maximum Gasteiger partial charge on any atom is 0.246 e. The third-order valence-corrected chi connectivity index (χ3v) is 3.03. The fraction of sp³-hybridized carbons (Fsp3) is 0.222. The molecule has 0 bridgehead atoms. The van der Waals surface area contributed by atoms with Gasteiger partial charge in [-0.3, -0.25) is 4.79 Å². The first-order valence-electron chi connectivity index (χ1n) is 4.54. The lowest BCUT2D eigenvalue weighted by atomic mass is 10.5. The number of halogens is 1. The average Bonchev–Trinajstić information content (AvgIpc) is 2.77. The summed E-state index contributed by atoms with van der Waals surface area (Å²) in [6, 6.07) is 0. The topological polar surface area (TPSA) is 59.8 Å². The molecule has 0 aliphatic rings. The molecule has 0 saturated heterocycles. The van der Waals surface area contributed by atoms with Crippen molar-refractivity contribution in [1.82, 2.24) is 14.5 Å². The van der Waals surface area contributed by atoms with Gasteiger partial charge in [0.2, 0.25) is 11.2 Å². The highest BCUT2D eigenvalue weighted by Crippen LogP contribution is 2.14. The van der Waals surface area contributed by atoms with Crippen LogP contribution in [0, 0.1) is 6.92 Å². The number of carbonyl (C=O) groups is 1. The molecule has 0 saturated carbocycles. The number of nitrogens with one attached hydrogen (secondary N) is 1. The Morgan fingerprint density at radius 3 is 3.06 bits per heavy atom. The van der Waals surface area contributed by atoms with Crippen LogP contribution in [0.2, 0.25) is 5.28 Å². The van der Waals surface area contributed by atoms with E-state index >= 15 is 0 Å². The molecule has 2 aromatic rings. The lowest BCUT2D eigenvalue weighted by Gasteiger charge is -2.03. The van der Waals surface area contributed by atoms with Gasteiger partial charge in [-0.25, -0.2) is 9.97 Å². The van der Waals surface area contributed by atoms with Gasteiger partial charge in [0.15, 0.2) is 5.13 Å². The van der Waals surface area contributed by atoms with Crippen molar-refractivity contribution in [3.63, 3.8) is 0 Å². The SMILES string of the molecule is Cc1csc(NC(=O)Cn2ccnc2Cl)n1. The van der Waals surface area contributed by atoms with E-state index in [1.54, 1.807) is 17.0 Å². The van der Waals surface area contributed by atoms with E-state index in [1.165, 1.54) is 11.3 Å². The molecule has 0 atom stereocenters. The molecule has 5 nitrogen and oxygen atoms in total. The van der Waals surface area contributed by atoms with Gasteiger partial charge in [0, 0.05) is 17.8 Å². The lowest BCUT2D eigenvalue weighted by Crippen LogP contribution is -2.18. The second-order valence-electron chi connectivity index (χ2n) is 3.17. The third-order valence-electron chi connectivity index (χ3n) is 1.84. The minimum Gasteiger partial charge on any atom is -0.312 e. The van der Waals surface area contributed by atoms with E-state index in [0.29, 0.717) is 10.4 Å². The lowest BCUT2D eigenvalue weighted by molar-refractivity contribution is -0.116. The summed E-state index contributed by atoms with van der Waals surface area (Å²) in [7, 11) is 0. The Kier molecular flexibility index (Phi) is 3.21. The van der Waals surface area contributed by atoms with Crippen LogP contribution < -0.4 is 5.32 Å². The second kappa shape index (κ2) is 4.63. The van der Waals surface area contributed by atoms with Gasteiger partial charge in [0.05, 0.1) is 5.69 Å². The average molecular weight is 257 g/mol. The van der Waals surface area contributed by atoms with Crippen molar-refractivity contribution in [1.29, 1.82) is 0 Å². The molecular weight excluding hydrogens is 248 g/mol. The maximum absolute atomic E-state index is 11.6. The minimum atomic E-state index is -0.172. The Bertz CT molecular complexity index is 507. The Morgan fingerprint density at radius 1 is 1.69 bits per heavy atom. The largest absolute Gasteiger partial charge is 0.312 e. The van der Waals surface area contributed by atoms with Crippen LogP contribution in [0.25, 0.3) is 0 Å². The predicted molar refractivity (Wildman–Crippen MR) is 62.7 cm³/mol. The van der Waals surface area contributed by atoms with Gasteiger partial charge < -0.3 is 9.88 Å². The Hall–Kier alpha value is -1.40. The summed E-state index contributed by atoms with van der Waals surface area (Å²) in [6.45, 7) is 2.01. The number of amides is 1. The van der Waals surface area contributed by atoms with Gasteiger partial charge in [-0.2, -0.15) is 0 Å². The molecular formula is C9H9ClN4OS. The fourth-order valence-corrected chi connectivity index (χ4v) is 2.03. The Labute approximate surface area is 101 Å². The van der Waals surface area contributed by atoms with Gasteiger partial charge >= 0.3 is 0 Å². The highest BCUT2D eigenvalue weighted by Gasteiger charge is 2.08. The summed E-state index contributed by atoms with van der Waals surface area (Å²) in [6.07, 6.45) is 3.19. The molecule has 0 aliphatic heterocycles. The first-order valence-corrected chi connectivity index (χ1v) is 5.79. The van der Waals surface area contributed by atoms with E-state index in [9.17, 15) is 4.79 Å². The number of rotatable bonds is 3. The van der Waals surface area contributed by atoms with Gasteiger partial charge in [-0.15, -0.1) is 11.3 Å². The molecule has 0 fully saturated rings. The molecule has 7 heteroatoms. The van der Waals surface area contributed by atoms with Crippen LogP contribution in [0.4, 0.5) is 5.13 Å². The zero-order valence-electron chi connectivity index (χ0n) is 8.48. The van der Waals surface area contributed by atoms with Crippen molar-refractivity contribution in [2.75, 3.05) is 5.32 Å². The summed E-state index contributed by atoms with van der Waals surface area (Å²) in [5, 5.41) is 5.46. The molecule has 0 radical (unpaired) electrons. The van der Waals surface area contributed by atoms with E-state index in [1.807, 2.05) is 12.3 Å². The molecule has 2 rings (SSSR count). The highest BCUT2D eigenvalue weighted by molar-refractivity contribution is 7.13. The summed E-state index contributed by atoms with van der Waals surface area (Å²) in [5.41, 5.74) is 0.890. The van der Waals surface area contributed by atoms with E-state index in [0.717, 1.165) is 5.69 Å². The zero-order chi connectivity index (χ0) is 11.5. The molecule has 0 aliphatic carbocycles. The Balaban J connectivity index is 1.97. The Morgan fingerprint density at radius 2 is 2.50 bits per heavy atom. The van der Waals surface area contributed by atoms with Crippen LogP contribution in [-0.4, -0.2) is 20.4 Å². The van der Waals surface area contributed by atoms with Crippen molar-refractivity contribution in [2.45, 2.75) is 13.5 Å². The quantitative estimate of drug-likeness (QED) is 0.913. The van der Waals surface area contributed by atoms with Crippen LogP contribution in [0.5, 0.6) is 0 Å². The number of anilines is 1. The van der Waals surface area contributed by atoms with Crippen LogP contribution >= 0.6 is 22.9 Å². The number of carbonyl (C=O) groups excluding carboxylic acids is 1. The summed E-state index contributed by atoms with van der Waals surface area (Å²) in [5.74, 6) is -0.172. The molecule has 1 N–H and O–H groups in total. The van der Waals surface area contributed by atoms with Crippen LogP contribution in [0.15, 0.2) is 17.8 Å². The fourth-order valence-electron chi connectivity index (χ4n) is 1.15. The van der Waals surface area contributed by atoms with Gasteiger partial charge in [0.1, 0.15) is 6.54 Å². The number of imidazole rings is 1. The maximum atomic E-state index is 11.6. The van der Waals surface area contributed by atoms with E-state index in [4.69, 9.17) is 11.6 Å². The number of aromatic nitrogens is 3. The number of hydrogen-bond donors (Lipinski definition) is 1. The van der Waals surface area contributed by atoms with Crippen molar-refractivity contribution < 1.29 is 4.79 Å². The molecule has 2 aromatic heterocycles. The molecule has 0 spiro atoms. The number of nitrogens with zero attached hydrogens (tertiary/aromatic N) is 3. The summed E-state index contributed by atoms with van der Waals surface area (Å²) >= 11 is 7.14. The van der Waals surface area contributed by atoms with Crippen molar-refractivity contribution in [3.8, 4) is 0 Å². The van der Waals surface area contributed by atoms with Crippen molar-refractivity contribution in [3.05, 3.63) is 28.8 Å². The van der Waals surface area contributed by atoms with Crippen LogP contribution in [0.1, 0.15) is 5.69 Å². The monoisotopic (exact) mass is 256 g/mol. The smallest absolute Gasteiger partial charge is 0.246 e. The predicted octanol–water partition coefficient (Wildman–Crippen LogP) is 1.94. The van der Waals surface area contributed by atoms with Gasteiger partial charge in [0.25, 0.3) is 0 Å². The van der Waals surface area contributed by atoms with Crippen molar-refractivity contribution in [2.24, 2.45) is 0 Å². The zero-order valence-corrected chi connectivity index (χ0v) is 10.0. The molecule has 16 heavy (non-hydrogen) atoms. The summed E-state index contributed by atoms with van der Waals surface area (Å²) < 4.78 is 1.55. The molecule has 84 valence electrons. The van der Waals surface area contributed by atoms with E-state index < -0.39 is 0 Å². The molecule has 1 amide bonds. The summed E-state index contributed by atoms with van der Waals surface area (Å²) in [4.78, 5) is 19.5. The van der Waals surface area contributed by atoms with Gasteiger partial charge in [-0.05, 0) is 18.5 Å². The normalized spacial score (nSPS) is 10.4. The number of hydrogen-bond acceptors (Lipinski definition) is 4. The van der Waals surface area contributed by atoms with E-state index in [2.05, 4.69) is 15.3 Å². The highest BCUT2D eigenvalue weighted by atomic mass is 35.5.